The third-order valence-electron chi connectivity index (χ3n) is 5.03. The van der Waals surface area contributed by atoms with Crippen LogP contribution in [0, 0.1) is 5.82 Å². The Labute approximate surface area is 181 Å². The SMILES string of the molecule is CC(C)(Cc1cccc(OC2CCN(c3ccc(S(C)(=O)=O)cc3F)C2)c1)OC(=O)O. The van der Waals surface area contributed by atoms with Crippen molar-refractivity contribution in [2.24, 2.45) is 0 Å². The second kappa shape index (κ2) is 8.74. The standard InChI is InChI=1S/C22H26FNO6S/c1-22(2,30-21(25)26)13-15-5-4-6-16(11-15)29-17-9-10-24(14-17)20-8-7-18(12-19(20)23)31(3,27)28/h4-8,11-12,17H,9-10,13-14H2,1-3H3,(H,25,26). The second-order valence-electron chi connectivity index (χ2n) is 8.31. The van der Waals surface area contributed by atoms with Crippen molar-refractivity contribution in [1.82, 2.24) is 0 Å². The fourth-order valence-corrected chi connectivity index (χ4v) is 4.34. The molecule has 31 heavy (non-hydrogen) atoms. The van der Waals surface area contributed by atoms with Crippen LogP contribution in [0.15, 0.2) is 47.4 Å². The molecule has 0 aromatic heterocycles. The quantitative estimate of drug-likeness (QED) is 0.638. The van der Waals surface area contributed by atoms with Crippen molar-refractivity contribution in [1.29, 1.82) is 0 Å². The lowest BCUT2D eigenvalue weighted by atomic mass is 9.98. The van der Waals surface area contributed by atoms with Gasteiger partial charge in [-0.25, -0.2) is 17.6 Å². The highest BCUT2D eigenvalue weighted by molar-refractivity contribution is 7.90. The van der Waals surface area contributed by atoms with Crippen LogP contribution < -0.4 is 9.64 Å². The van der Waals surface area contributed by atoms with Gasteiger partial charge in [-0.2, -0.15) is 0 Å². The van der Waals surface area contributed by atoms with E-state index in [1.165, 1.54) is 12.1 Å². The summed E-state index contributed by atoms with van der Waals surface area (Å²) < 4.78 is 48.7. The van der Waals surface area contributed by atoms with Gasteiger partial charge in [-0.05, 0) is 49.7 Å². The number of rotatable bonds is 7. The molecule has 1 aliphatic rings. The number of halogens is 1. The summed E-state index contributed by atoms with van der Waals surface area (Å²) in [6.07, 6.45) is 0.647. The third-order valence-corrected chi connectivity index (χ3v) is 6.14. The van der Waals surface area contributed by atoms with Crippen LogP contribution in [-0.2, 0) is 21.0 Å². The summed E-state index contributed by atoms with van der Waals surface area (Å²) in [6.45, 7) is 4.45. The van der Waals surface area contributed by atoms with Crippen LogP contribution in [0.25, 0.3) is 0 Å². The molecule has 9 heteroatoms. The van der Waals surface area contributed by atoms with E-state index in [2.05, 4.69) is 0 Å². The van der Waals surface area contributed by atoms with Gasteiger partial charge in [0.1, 0.15) is 23.3 Å². The van der Waals surface area contributed by atoms with Crippen LogP contribution in [-0.4, -0.2) is 50.7 Å². The van der Waals surface area contributed by atoms with Crippen molar-refractivity contribution >= 4 is 21.7 Å². The zero-order valence-corrected chi connectivity index (χ0v) is 18.5. The van der Waals surface area contributed by atoms with E-state index >= 15 is 0 Å². The molecular formula is C22H26FNO6S. The van der Waals surface area contributed by atoms with Crippen molar-refractivity contribution in [2.75, 3.05) is 24.2 Å². The van der Waals surface area contributed by atoms with Crippen LogP contribution in [0.2, 0.25) is 0 Å². The lowest BCUT2D eigenvalue weighted by molar-refractivity contribution is 0.00424. The number of ether oxygens (including phenoxy) is 2. The molecule has 0 amide bonds. The topological polar surface area (TPSA) is 93.1 Å². The number of carboxylic acid groups (broad SMARTS) is 1. The molecule has 2 aromatic carbocycles. The molecule has 1 saturated heterocycles. The summed E-state index contributed by atoms with van der Waals surface area (Å²) in [5, 5.41) is 8.86. The highest BCUT2D eigenvalue weighted by atomic mass is 32.2. The first-order valence-electron chi connectivity index (χ1n) is 9.85. The summed E-state index contributed by atoms with van der Waals surface area (Å²) in [6, 6.07) is 11.3. The first-order chi connectivity index (χ1) is 14.4. The first kappa shape index (κ1) is 22.9. The van der Waals surface area contributed by atoms with E-state index in [4.69, 9.17) is 14.6 Å². The first-order valence-corrected chi connectivity index (χ1v) is 11.7. The van der Waals surface area contributed by atoms with Gasteiger partial charge < -0.3 is 19.5 Å². The molecule has 1 atom stereocenters. The number of hydrogen-bond acceptors (Lipinski definition) is 6. The van der Waals surface area contributed by atoms with Crippen LogP contribution in [0.3, 0.4) is 0 Å². The highest BCUT2D eigenvalue weighted by Crippen LogP contribution is 2.28. The van der Waals surface area contributed by atoms with E-state index in [0.29, 0.717) is 37.4 Å². The molecule has 0 spiro atoms. The molecular weight excluding hydrogens is 425 g/mol. The molecule has 1 N–H and O–H groups in total. The summed E-state index contributed by atoms with van der Waals surface area (Å²) in [5.41, 5.74) is 0.352. The number of anilines is 1. The van der Waals surface area contributed by atoms with Crippen LogP contribution in [0.5, 0.6) is 5.75 Å². The number of benzene rings is 2. The summed E-state index contributed by atoms with van der Waals surface area (Å²) in [7, 11) is -3.47. The van der Waals surface area contributed by atoms with E-state index in [1.54, 1.807) is 13.8 Å². The monoisotopic (exact) mass is 451 g/mol. The molecule has 3 rings (SSSR count). The highest BCUT2D eigenvalue weighted by Gasteiger charge is 2.27. The Kier molecular flexibility index (Phi) is 6.45. The lowest BCUT2D eigenvalue weighted by Crippen LogP contribution is -2.30. The maximum absolute atomic E-state index is 14.5. The van der Waals surface area contributed by atoms with Crippen molar-refractivity contribution in [3.05, 3.63) is 53.8 Å². The predicted molar refractivity (Wildman–Crippen MR) is 114 cm³/mol. The fraction of sp³-hybridized carbons (Fsp3) is 0.409. The van der Waals surface area contributed by atoms with Gasteiger partial charge in [0.2, 0.25) is 0 Å². The van der Waals surface area contributed by atoms with Crippen molar-refractivity contribution < 1.29 is 32.2 Å². The molecule has 1 aliphatic heterocycles. The van der Waals surface area contributed by atoms with Crippen molar-refractivity contribution in [3.63, 3.8) is 0 Å². The van der Waals surface area contributed by atoms with Gasteiger partial charge in [-0.1, -0.05) is 12.1 Å². The molecule has 1 fully saturated rings. The number of carbonyl (C=O) groups is 1. The van der Waals surface area contributed by atoms with E-state index in [9.17, 15) is 17.6 Å². The normalized spacial score (nSPS) is 16.9. The van der Waals surface area contributed by atoms with Crippen molar-refractivity contribution in [2.45, 2.75) is 43.3 Å². The maximum Gasteiger partial charge on any atom is 0.506 e. The summed E-state index contributed by atoms with van der Waals surface area (Å²) in [5.74, 6) is 0.0644. The van der Waals surface area contributed by atoms with Gasteiger partial charge in [-0.15, -0.1) is 0 Å². The third kappa shape index (κ3) is 6.10. The van der Waals surface area contributed by atoms with E-state index in [1.807, 2.05) is 29.2 Å². The molecule has 0 saturated carbocycles. The van der Waals surface area contributed by atoms with Gasteiger partial charge in [0.05, 0.1) is 17.1 Å². The van der Waals surface area contributed by atoms with Gasteiger partial charge in [0.15, 0.2) is 9.84 Å². The van der Waals surface area contributed by atoms with E-state index in [-0.39, 0.29) is 11.0 Å². The van der Waals surface area contributed by atoms with Gasteiger partial charge in [0, 0.05) is 25.6 Å². The Hall–Kier alpha value is -2.81. The second-order valence-corrected chi connectivity index (χ2v) is 10.3. The summed E-state index contributed by atoms with van der Waals surface area (Å²) >= 11 is 0. The van der Waals surface area contributed by atoms with E-state index < -0.39 is 27.4 Å². The Morgan fingerprint density at radius 1 is 1.26 bits per heavy atom. The minimum absolute atomic E-state index is 0.0487. The molecule has 7 nitrogen and oxygen atoms in total. The zero-order valence-electron chi connectivity index (χ0n) is 17.7. The number of hydrogen-bond donors (Lipinski definition) is 1. The molecule has 0 bridgehead atoms. The fourth-order valence-electron chi connectivity index (χ4n) is 3.70. The largest absolute Gasteiger partial charge is 0.506 e. The minimum Gasteiger partial charge on any atom is -0.489 e. The molecule has 1 unspecified atom stereocenters. The Bertz CT molecular complexity index is 1070. The number of nitrogens with zero attached hydrogens (tertiary/aromatic N) is 1. The Morgan fingerprint density at radius 3 is 2.65 bits per heavy atom. The predicted octanol–water partition coefficient (Wildman–Crippen LogP) is 3.90. The maximum atomic E-state index is 14.5. The minimum atomic E-state index is -3.47. The molecule has 1 heterocycles. The Morgan fingerprint density at radius 2 is 2.00 bits per heavy atom. The van der Waals surface area contributed by atoms with Gasteiger partial charge >= 0.3 is 6.16 Å². The average Bonchev–Trinajstić information content (AvgIpc) is 3.07. The number of sulfone groups is 1. The van der Waals surface area contributed by atoms with Gasteiger partial charge in [-0.3, -0.25) is 0 Å². The molecule has 0 aliphatic carbocycles. The average molecular weight is 452 g/mol. The summed E-state index contributed by atoms with van der Waals surface area (Å²) in [4.78, 5) is 12.6. The van der Waals surface area contributed by atoms with Crippen LogP contribution in [0.4, 0.5) is 14.9 Å². The molecule has 0 radical (unpaired) electrons. The van der Waals surface area contributed by atoms with Crippen LogP contribution in [0.1, 0.15) is 25.8 Å². The van der Waals surface area contributed by atoms with E-state index in [0.717, 1.165) is 17.9 Å². The zero-order chi connectivity index (χ0) is 22.8. The van der Waals surface area contributed by atoms with Crippen molar-refractivity contribution in [3.8, 4) is 5.75 Å². The van der Waals surface area contributed by atoms with Crippen LogP contribution >= 0.6 is 0 Å². The molecule has 2 aromatic rings. The van der Waals surface area contributed by atoms with Gasteiger partial charge in [0.25, 0.3) is 0 Å². The Balaban J connectivity index is 1.65. The smallest absolute Gasteiger partial charge is 0.489 e. The molecule has 168 valence electrons. The lowest BCUT2D eigenvalue weighted by Gasteiger charge is -2.23.